The molecule has 0 saturated carbocycles. The van der Waals surface area contributed by atoms with Crippen molar-refractivity contribution in [3.8, 4) is 0 Å². The zero-order valence-corrected chi connectivity index (χ0v) is 19.2. The summed E-state index contributed by atoms with van der Waals surface area (Å²) in [6.07, 6.45) is 2.79. The van der Waals surface area contributed by atoms with E-state index in [1.807, 2.05) is 11.8 Å². The topological polar surface area (TPSA) is 77.8 Å². The van der Waals surface area contributed by atoms with Gasteiger partial charge in [0.1, 0.15) is 5.76 Å². The molecule has 2 aliphatic rings. The maximum Gasteiger partial charge on any atom is 0.317 e. The van der Waals surface area contributed by atoms with E-state index in [-0.39, 0.29) is 23.5 Å². The van der Waals surface area contributed by atoms with E-state index in [2.05, 4.69) is 43.2 Å². The van der Waals surface area contributed by atoms with Crippen LogP contribution in [0, 0.1) is 18.8 Å². The van der Waals surface area contributed by atoms with Crippen LogP contribution in [-0.4, -0.2) is 66.0 Å². The summed E-state index contributed by atoms with van der Waals surface area (Å²) in [7, 11) is 0. The van der Waals surface area contributed by atoms with Gasteiger partial charge in [0.15, 0.2) is 5.76 Å². The van der Waals surface area contributed by atoms with Gasteiger partial charge in [-0.05, 0) is 64.0 Å². The van der Waals surface area contributed by atoms with Crippen molar-refractivity contribution in [2.75, 3.05) is 32.7 Å². The molecule has 2 saturated heterocycles. The van der Waals surface area contributed by atoms with Crippen LogP contribution in [0.25, 0.3) is 0 Å². The van der Waals surface area contributed by atoms with Gasteiger partial charge in [-0.25, -0.2) is 4.79 Å². The van der Waals surface area contributed by atoms with E-state index in [9.17, 15) is 9.59 Å². The number of furan rings is 1. The van der Waals surface area contributed by atoms with Gasteiger partial charge >= 0.3 is 6.03 Å². The monoisotopic (exact) mass is 418 g/mol. The van der Waals surface area contributed by atoms with E-state index in [1.54, 1.807) is 12.1 Å². The highest BCUT2D eigenvalue weighted by atomic mass is 16.3. The average molecular weight is 419 g/mol. The molecule has 3 rings (SSSR count). The van der Waals surface area contributed by atoms with Crippen molar-refractivity contribution >= 4 is 11.9 Å². The standard InChI is InChI=1S/C23H38N4O3/c1-16-12-17(2)14-27(13-16)23(4,5)15-24-22(29)26-10-8-19(9-11-26)25-21(28)20-7-6-18(3)30-20/h6-7,16-17,19H,8-15H2,1-5H3,(H,24,29)(H,25,28)/t16-,17-/m0/s1. The van der Waals surface area contributed by atoms with E-state index in [0.717, 1.165) is 31.7 Å². The van der Waals surface area contributed by atoms with Crippen LogP contribution in [0.2, 0.25) is 0 Å². The molecule has 1 aromatic heterocycles. The first-order chi connectivity index (χ1) is 14.1. The van der Waals surface area contributed by atoms with Gasteiger partial charge in [-0.1, -0.05) is 13.8 Å². The van der Waals surface area contributed by atoms with Crippen molar-refractivity contribution in [2.45, 2.75) is 65.5 Å². The zero-order valence-electron chi connectivity index (χ0n) is 19.2. The molecule has 7 nitrogen and oxygen atoms in total. The highest BCUT2D eigenvalue weighted by Crippen LogP contribution is 2.27. The number of nitrogens with one attached hydrogen (secondary N) is 2. The molecule has 0 aliphatic carbocycles. The Morgan fingerprint density at radius 3 is 2.33 bits per heavy atom. The van der Waals surface area contributed by atoms with Gasteiger partial charge in [-0.3, -0.25) is 9.69 Å². The number of carbonyl (C=O) groups is 2. The fourth-order valence-electron chi connectivity index (χ4n) is 4.71. The van der Waals surface area contributed by atoms with E-state index >= 15 is 0 Å². The van der Waals surface area contributed by atoms with Crippen LogP contribution in [0.3, 0.4) is 0 Å². The molecule has 2 fully saturated rings. The molecule has 0 radical (unpaired) electrons. The van der Waals surface area contributed by atoms with E-state index in [4.69, 9.17) is 4.42 Å². The Morgan fingerprint density at radius 2 is 1.77 bits per heavy atom. The Hall–Kier alpha value is -2.02. The third kappa shape index (κ3) is 5.78. The molecule has 2 N–H and O–H groups in total. The van der Waals surface area contributed by atoms with Crippen LogP contribution < -0.4 is 10.6 Å². The van der Waals surface area contributed by atoms with Crippen LogP contribution >= 0.6 is 0 Å². The third-order valence-corrected chi connectivity index (χ3v) is 6.48. The normalized spacial score (nSPS) is 24.0. The van der Waals surface area contributed by atoms with Gasteiger partial charge in [-0.2, -0.15) is 0 Å². The number of nitrogens with zero attached hydrogens (tertiary/aromatic N) is 2. The molecule has 2 atom stereocenters. The lowest BCUT2D eigenvalue weighted by Crippen LogP contribution is -2.58. The number of hydrogen-bond acceptors (Lipinski definition) is 4. The van der Waals surface area contributed by atoms with E-state index in [0.29, 0.717) is 37.2 Å². The van der Waals surface area contributed by atoms with Crippen LogP contribution in [0.4, 0.5) is 4.79 Å². The van der Waals surface area contributed by atoms with Crippen molar-refractivity contribution in [2.24, 2.45) is 11.8 Å². The number of aryl methyl sites for hydroxylation is 1. The predicted molar refractivity (Wildman–Crippen MR) is 118 cm³/mol. The molecular formula is C23H38N4O3. The third-order valence-electron chi connectivity index (χ3n) is 6.48. The number of carbonyl (C=O) groups excluding carboxylic acids is 2. The van der Waals surface area contributed by atoms with E-state index in [1.165, 1.54) is 6.42 Å². The van der Waals surface area contributed by atoms with Crippen molar-refractivity contribution in [1.82, 2.24) is 20.4 Å². The lowest BCUT2D eigenvalue weighted by Gasteiger charge is -2.45. The second-order valence-electron chi connectivity index (χ2n) is 9.97. The lowest BCUT2D eigenvalue weighted by molar-refractivity contribution is 0.0461. The van der Waals surface area contributed by atoms with Crippen molar-refractivity contribution in [3.63, 3.8) is 0 Å². The maximum atomic E-state index is 12.7. The summed E-state index contributed by atoms with van der Waals surface area (Å²) in [5.74, 6) is 2.28. The minimum absolute atomic E-state index is 0.00684. The van der Waals surface area contributed by atoms with Crippen LogP contribution in [0.15, 0.2) is 16.5 Å². The quantitative estimate of drug-likeness (QED) is 0.769. The highest BCUT2D eigenvalue weighted by Gasteiger charge is 2.33. The van der Waals surface area contributed by atoms with Crippen molar-refractivity contribution in [3.05, 3.63) is 23.7 Å². The summed E-state index contributed by atoms with van der Waals surface area (Å²) in [5, 5.41) is 6.16. The zero-order chi connectivity index (χ0) is 21.9. The first-order valence-corrected chi connectivity index (χ1v) is 11.3. The number of likely N-dealkylation sites (tertiary alicyclic amines) is 2. The molecule has 1 aromatic rings. The van der Waals surface area contributed by atoms with Gasteiger partial charge in [-0.15, -0.1) is 0 Å². The summed E-state index contributed by atoms with van der Waals surface area (Å²) in [6.45, 7) is 15.0. The Bertz CT molecular complexity index is 727. The number of amides is 3. The fourth-order valence-corrected chi connectivity index (χ4v) is 4.71. The Labute approximate surface area is 180 Å². The molecule has 0 unspecified atom stereocenters. The fraction of sp³-hybridized carbons (Fsp3) is 0.739. The maximum absolute atomic E-state index is 12.7. The highest BCUT2D eigenvalue weighted by molar-refractivity contribution is 5.91. The van der Waals surface area contributed by atoms with Gasteiger partial charge in [0.2, 0.25) is 0 Å². The lowest BCUT2D eigenvalue weighted by atomic mass is 9.88. The Balaban J connectivity index is 1.42. The number of piperidine rings is 2. The van der Waals surface area contributed by atoms with Crippen LogP contribution in [0.5, 0.6) is 0 Å². The van der Waals surface area contributed by atoms with Crippen LogP contribution in [-0.2, 0) is 0 Å². The predicted octanol–water partition coefficient (Wildman–Crippen LogP) is 3.25. The number of rotatable bonds is 5. The van der Waals surface area contributed by atoms with Gasteiger partial charge in [0.25, 0.3) is 5.91 Å². The summed E-state index contributed by atoms with van der Waals surface area (Å²) in [6, 6.07) is 3.54. The molecule has 3 amide bonds. The Morgan fingerprint density at radius 1 is 1.13 bits per heavy atom. The summed E-state index contributed by atoms with van der Waals surface area (Å²) in [5.41, 5.74) is -0.0634. The van der Waals surface area contributed by atoms with Crippen LogP contribution in [0.1, 0.15) is 63.3 Å². The smallest absolute Gasteiger partial charge is 0.317 e. The molecule has 0 aromatic carbocycles. The Kier molecular flexibility index (Phi) is 7.11. The minimum Gasteiger partial charge on any atom is -0.456 e. The molecule has 7 heteroatoms. The minimum atomic E-state index is -0.183. The summed E-state index contributed by atoms with van der Waals surface area (Å²) >= 11 is 0. The molecular weight excluding hydrogens is 380 g/mol. The number of urea groups is 1. The SMILES string of the molecule is Cc1ccc(C(=O)NC2CCN(C(=O)NCC(C)(C)N3C[C@@H](C)C[C@H](C)C3)CC2)o1. The molecule has 3 heterocycles. The second kappa shape index (κ2) is 9.41. The molecule has 0 bridgehead atoms. The molecule has 30 heavy (non-hydrogen) atoms. The first kappa shape index (κ1) is 22.7. The first-order valence-electron chi connectivity index (χ1n) is 11.3. The second-order valence-corrected chi connectivity index (χ2v) is 9.97. The van der Waals surface area contributed by atoms with Crippen molar-refractivity contribution in [1.29, 1.82) is 0 Å². The molecule has 2 aliphatic heterocycles. The molecule has 0 spiro atoms. The number of hydrogen-bond donors (Lipinski definition) is 2. The van der Waals surface area contributed by atoms with Gasteiger partial charge in [0, 0.05) is 44.3 Å². The largest absolute Gasteiger partial charge is 0.456 e. The van der Waals surface area contributed by atoms with Gasteiger partial charge in [0.05, 0.1) is 0 Å². The van der Waals surface area contributed by atoms with Gasteiger partial charge < -0.3 is 20.0 Å². The summed E-state index contributed by atoms with van der Waals surface area (Å²) in [4.78, 5) is 29.3. The summed E-state index contributed by atoms with van der Waals surface area (Å²) < 4.78 is 5.38. The molecule has 168 valence electrons. The van der Waals surface area contributed by atoms with Crippen molar-refractivity contribution < 1.29 is 14.0 Å². The van der Waals surface area contributed by atoms with E-state index < -0.39 is 0 Å². The average Bonchev–Trinajstić information content (AvgIpc) is 3.12.